The van der Waals surface area contributed by atoms with E-state index in [2.05, 4.69) is 10.6 Å². The Bertz CT molecular complexity index is 797. The zero-order valence-electron chi connectivity index (χ0n) is 15.1. The molecular formula is C19H22Cl2N3O3+. The van der Waals surface area contributed by atoms with Gasteiger partial charge in [-0.1, -0.05) is 35.3 Å². The fourth-order valence-electron chi connectivity index (χ4n) is 2.40. The van der Waals surface area contributed by atoms with E-state index in [1.807, 2.05) is 24.3 Å². The van der Waals surface area contributed by atoms with E-state index in [0.29, 0.717) is 22.3 Å². The molecule has 2 rings (SSSR count). The minimum Gasteiger partial charge on any atom is -0.497 e. The summed E-state index contributed by atoms with van der Waals surface area (Å²) < 4.78 is 5.10. The van der Waals surface area contributed by atoms with E-state index in [4.69, 9.17) is 27.9 Å². The average Bonchev–Trinajstić information content (AvgIpc) is 2.63. The predicted molar refractivity (Wildman–Crippen MR) is 107 cm³/mol. The molecule has 0 aromatic heterocycles. The Hall–Kier alpha value is -2.28. The molecule has 27 heavy (non-hydrogen) atoms. The van der Waals surface area contributed by atoms with Crippen molar-refractivity contribution in [1.29, 1.82) is 0 Å². The molecule has 0 fully saturated rings. The first-order chi connectivity index (χ1) is 12.9. The number of quaternary nitrogens is 1. The zero-order valence-corrected chi connectivity index (χ0v) is 16.7. The molecule has 0 spiro atoms. The molecule has 3 N–H and O–H groups in total. The quantitative estimate of drug-likeness (QED) is 0.620. The zero-order chi connectivity index (χ0) is 19.8. The van der Waals surface area contributed by atoms with Gasteiger partial charge in [0.2, 0.25) is 0 Å². The third-order valence-corrected chi connectivity index (χ3v) is 4.52. The summed E-state index contributed by atoms with van der Waals surface area (Å²) in [6.45, 7) is 0.757. The summed E-state index contributed by atoms with van der Waals surface area (Å²) in [6, 6.07) is 12.3. The summed E-state index contributed by atoms with van der Waals surface area (Å²) >= 11 is 11.8. The van der Waals surface area contributed by atoms with Gasteiger partial charge in [-0.3, -0.25) is 9.59 Å². The van der Waals surface area contributed by atoms with Crippen LogP contribution in [-0.2, 0) is 16.1 Å². The molecule has 2 aromatic rings. The second-order valence-electron chi connectivity index (χ2n) is 6.11. The van der Waals surface area contributed by atoms with Gasteiger partial charge in [0, 0.05) is 12.2 Å². The molecule has 6 nitrogen and oxygen atoms in total. The third kappa shape index (κ3) is 7.09. The normalized spacial score (nSPS) is 11.6. The lowest BCUT2D eigenvalue weighted by atomic mass is 10.2. The highest BCUT2D eigenvalue weighted by molar-refractivity contribution is 6.42. The Labute approximate surface area is 168 Å². The standard InChI is InChI=1S/C19H21Cl2N3O3/c1-24(12-19(26)23-14-5-8-16(20)17(21)9-14)11-18(25)22-10-13-3-6-15(27-2)7-4-13/h3-9H,10-12H2,1-2H3,(H,22,25)(H,23,26)/p+1. The molecule has 0 bridgehead atoms. The number of ether oxygens (including phenoxy) is 1. The third-order valence-electron chi connectivity index (χ3n) is 3.78. The molecular weight excluding hydrogens is 389 g/mol. The Balaban J connectivity index is 1.74. The van der Waals surface area contributed by atoms with Crippen molar-refractivity contribution in [2.24, 2.45) is 0 Å². The van der Waals surface area contributed by atoms with Crippen molar-refractivity contribution < 1.29 is 19.2 Å². The number of nitrogens with one attached hydrogen (secondary N) is 3. The summed E-state index contributed by atoms with van der Waals surface area (Å²) in [4.78, 5) is 24.9. The van der Waals surface area contributed by atoms with Gasteiger partial charge in [0.25, 0.3) is 11.8 Å². The fourth-order valence-corrected chi connectivity index (χ4v) is 2.69. The monoisotopic (exact) mass is 410 g/mol. The summed E-state index contributed by atoms with van der Waals surface area (Å²) in [5.41, 5.74) is 1.53. The SMILES string of the molecule is COc1ccc(CNC(=O)C[NH+](C)CC(=O)Nc2ccc(Cl)c(Cl)c2)cc1. The van der Waals surface area contributed by atoms with E-state index >= 15 is 0 Å². The first kappa shape index (κ1) is 21.0. The molecule has 8 heteroatoms. The maximum Gasteiger partial charge on any atom is 0.279 e. The number of likely N-dealkylation sites (N-methyl/N-ethyl adjacent to an activating group) is 1. The van der Waals surface area contributed by atoms with E-state index in [0.717, 1.165) is 16.2 Å². The number of anilines is 1. The average molecular weight is 411 g/mol. The molecule has 144 valence electrons. The lowest BCUT2D eigenvalue weighted by Gasteiger charge is -2.14. The molecule has 0 saturated heterocycles. The van der Waals surface area contributed by atoms with Crippen molar-refractivity contribution in [3.8, 4) is 5.75 Å². The molecule has 1 atom stereocenters. The van der Waals surface area contributed by atoms with Crippen LogP contribution in [0.5, 0.6) is 5.75 Å². The summed E-state index contributed by atoms with van der Waals surface area (Å²) in [5, 5.41) is 6.37. The highest BCUT2D eigenvalue weighted by Crippen LogP contribution is 2.24. The topological polar surface area (TPSA) is 71.9 Å². The maximum atomic E-state index is 12.1. The maximum absolute atomic E-state index is 12.1. The summed E-state index contributed by atoms with van der Waals surface area (Å²) in [7, 11) is 3.38. The van der Waals surface area contributed by atoms with E-state index in [1.165, 1.54) is 0 Å². The van der Waals surface area contributed by atoms with Crippen LogP contribution >= 0.6 is 23.2 Å². The molecule has 0 aliphatic carbocycles. The van der Waals surface area contributed by atoms with Crippen LogP contribution in [0.4, 0.5) is 5.69 Å². The van der Waals surface area contributed by atoms with E-state index < -0.39 is 0 Å². The summed E-state index contributed by atoms with van der Waals surface area (Å²) in [5.74, 6) is 0.418. The number of amides is 2. The van der Waals surface area contributed by atoms with Crippen LogP contribution in [0.2, 0.25) is 10.0 Å². The summed E-state index contributed by atoms with van der Waals surface area (Å²) in [6.07, 6.45) is 0. The van der Waals surface area contributed by atoms with Crippen molar-refractivity contribution >= 4 is 40.7 Å². The van der Waals surface area contributed by atoms with Crippen LogP contribution in [0, 0.1) is 0 Å². The van der Waals surface area contributed by atoms with Gasteiger partial charge in [-0.15, -0.1) is 0 Å². The van der Waals surface area contributed by atoms with Crippen molar-refractivity contribution in [2.75, 3.05) is 32.6 Å². The molecule has 0 aliphatic rings. The van der Waals surface area contributed by atoms with Gasteiger partial charge >= 0.3 is 0 Å². The van der Waals surface area contributed by atoms with Gasteiger partial charge in [0.05, 0.1) is 24.2 Å². The first-order valence-corrected chi connectivity index (χ1v) is 9.09. The number of halogens is 2. The van der Waals surface area contributed by atoms with Gasteiger partial charge in [-0.05, 0) is 35.9 Å². The Kier molecular flexibility index (Phi) is 7.91. The smallest absolute Gasteiger partial charge is 0.279 e. The highest BCUT2D eigenvalue weighted by atomic mass is 35.5. The van der Waals surface area contributed by atoms with Gasteiger partial charge < -0.3 is 20.3 Å². The molecule has 2 aromatic carbocycles. The second kappa shape index (κ2) is 10.2. The number of methoxy groups -OCH3 is 1. The molecule has 0 radical (unpaired) electrons. The number of carbonyl (C=O) groups is 2. The van der Waals surface area contributed by atoms with Crippen LogP contribution in [-0.4, -0.2) is 39.1 Å². The molecule has 0 aliphatic heterocycles. The Morgan fingerprint density at radius 3 is 2.30 bits per heavy atom. The van der Waals surface area contributed by atoms with E-state index in [-0.39, 0.29) is 24.9 Å². The van der Waals surface area contributed by atoms with Crippen molar-refractivity contribution in [3.63, 3.8) is 0 Å². The van der Waals surface area contributed by atoms with Crippen LogP contribution in [0.1, 0.15) is 5.56 Å². The molecule has 1 unspecified atom stereocenters. The van der Waals surface area contributed by atoms with Crippen molar-refractivity contribution in [1.82, 2.24) is 5.32 Å². The lowest BCUT2D eigenvalue weighted by molar-refractivity contribution is -0.862. The Morgan fingerprint density at radius 2 is 1.67 bits per heavy atom. The largest absolute Gasteiger partial charge is 0.497 e. The fraction of sp³-hybridized carbons (Fsp3) is 0.263. The van der Waals surface area contributed by atoms with Gasteiger partial charge in [-0.2, -0.15) is 0 Å². The van der Waals surface area contributed by atoms with Crippen LogP contribution in [0.3, 0.4) is 0 Å². The van der Waals surface area contributed by atoms with E-state index in [9.17, 15) is 9.59 Å². The van der Waals surface area contributed by atoms with Crippen LogP contribution in [0.15, 0.2) is 42.5 Å². The minimum atomic E-state index is -0.214. The van der Waals surface area contributed by atoms with E-state index in [1.54, 1.807) is 32.4 Å². The molecule has 0 saturated carbocycles. The number of rotatable bonds is 8. The Morgan fingerprint density at radius 1 is 1.00 bits per heavy atom. The molecule has 2 amide bonds. The second-order valence-corrected chi connectivity index (χ2v) is 6.93. The van der Waals surface area contributed by atoms with Crippen molar-refractivity contribution in [3.05, 3.63) is 58.1 Å². The number of carbonyl (C=O) groups excluding carboxylic acids is 2. The van der Waals surface area contributed by atoms with Gasteiger partial charge in [-0.25, -0.2) is 0 Å². The van der Waals surface area contributed by atoms with Gasteiger partial charge in [0.15, 0.2) is 13.1 Å². The molecule has 0 heterocycles. The highest BCUT2D eigenvalue weighted by Gasteiger charge is 2.14. The van der Waals surface area contributed by atoms with Crippen LogP contribution < -0.4 is 20.3 Å². The van der Waals surface area contributed by atoms with Gasteiger partial charge in [0.1, 0.15) is 5.75 Å². The number of benzene rings is 2. The number of hydrogen-bond donors (Lipinski definition) is 3. The van der Waals surface area contributed by atoms with Crippen molar-refractivity contribution in [2.45, 2.75) is 6.54 Å². The first-order valence-electron chi connectivity index (χ1n) is 8.33. The predicted octanol–water partition coefficient (Wildman–Crippen LogP) is 1.77. The lowest BCUT2D eigenvalue weighted by Crippen LogP contribution is -3.11. The van der Waals surface area contributed by atoms with Crippen LogP contribution in [0.25, 0.3) is 0 Å². The number of hydrogen-bond acceptors (Lipinski definition) is 3. The minimum absolute atomic E-state index is 0.134.